The number of benzene rings is 2. The van der Waals surface area contributed by atoms with Crippen LogP contribution in [0.4, 0.5) is 0 Å². The van der Waals surface area contributed by atoms with Crippen molar-refractivity contribution < 1.29 is 9.22 Å². The van der Waals surface area contributed by atoms with Crippen LogP contribution in [0.2, 0.25) is 5.04 Å². The van der Waals surface area contributed by atoms with Crippen molar-refractivity contribution in [2.24, 2.45) is 0 Å². The third kappa shape index (κ3) is 6.65. The average molecular weight is 425 g/mol. The summed E-state index contributed by atoms with van der Waals surface area (Å²) in [7, 11) is -2.40. The van der Waals surface area contributed by atoms with Crippen molar-refractivity contribution in [3.8, 4) is 0 Å². The first-order valence-electron chi connectivity index (χ1n) is 11.7. The van der Waals surface area contributed by atoms with Gasteiger partial charge in [-0.3, -0.25) is 4.79 Å². The minimum atomic E-state index is -2.40. The number of hydrogen-bond acceptors (Lipinski definition) is 2. The van der Waals surface area contributed by atoms with Crippen LogP contribution in [0.1, 0.15) is 79.1 Å². The normalized spacial score (nSPS) is 12.1. The van der Waals surface area contributed by atoms with Gasteiger partial charge in [0.1, 0.15) is 5.78 Å². The van der Waals surface area contributed by atoms with E-state index in [1.54, 1.807) is 0 Å². The first-order chi connectivity index (χ1) is 14.4. The third-order valence-electron chi connectivity index (χ3n) is 5.89. The molecule has 2 aromatic carbocycles. The summed E-state index contributed by atoms with van der Waals surface area (Å²) in [5.74, 6) is 0.431. The fraction of sp³-hybridized carbons (Fsp3) is 0.519. The summed E-state index contributed by atoms with van der Waals surface area (Å²) >= 11 is 0. The summed E-state index contributed by atoms with van der Waals surface area (Å²) in [6, 6.07) is 21.7. The van der Waals surface area contributed by atoms with E-state index in [4.69, 9.17) is 4.43 Å². The minimum Gasteiger partial charge on any atom is -0.407 e. The van der Waals surface area contributed by atoms with Crippen molar-refractivity contribution in [3.05, 3.63) is 60.7 Å². The predicted molar refractivity (Wildman–Crippen MR) is 131 cm³/mol. The van der Waals surface area contributed by atoms with Gasteiger partial charge in [-0.25, -0.2) is 0 Å². The molecule has 0 heterocycles. The van der Waals surface area contributed by atoms with Crippen LogP contribution in [0.25, 0.3) is 0 Å². The molecule has 164 valence electrons. The number of ketones is 1. The number of carbonyl (C=O) groups is 1. The van der Waals surface area contributed by atoms with Gasteiger partial charge < -0.3 is 4.43 Å². The molecule has 3 heteroatoms. The van der Waals surface area contributed by atoms with Crippen molar-refractivity contribution >= 4 is 24.5 Å². The molecule has 0 saturated heterocycles. The standard InChI is InChI=1S/C27H40O2Si/c1-5-6-17-24(28)18-11-7-8-16-23-29-30(27(2,3)4,25-19-12-9-13-20-25)26-21-14-10-15-22-26/h9-10,12-15,19-22H,5-8,11,16-18,23H2,1-4H3. The fourth-order valence-electron chi connectivity index (χ4n) is 4.26. The monoisotopic (exact) mass is 424 g/mol. The molecule has 0 N–H and O–H groups in total. The van der Waals surface area contributed by atoms with Gasteiger partial charge in [0.25, 0.3) is 8.32 Å². The van der Waals surface area contributed by atoms with Gasteiger partial charge in [-0.05, 0) is 34.7 Å². The zero-order valence-electron chi connectivity index (χ0n) is 19.5. The summed E-state index contributed by atoms with van der Waals surface area (Å²) in [4.78, 5) is 11.8. The van der Waals surface area contributed by atoms with E-state index in [2.05, 4.69) is 88.4 Å². The van der Waals surface area contributed by atoms with E-state index in [0.717, 1.165) is 58.0 Å². The van der Waals surface area contributed by atoms with E-state index in [-0.39, 0.29) is 5.04 Å². The summed E-state index contributed by atoms with van der Waals surface area (Å²) in [5.41, 5.74) is 0. The molecule has 0 aliphatic rings. The van der Waals surface area contributed by atoms with Crippen molar-refractivity contribution in [1.82, 2.24) is 0 Å². The quantitative estimate of drug-likeness (QED) is 0.280. The third-order valence-corrected chi connectivity index (χ3v) is 10.9. The predicted octanol–water partition coefficient (Wildman–Crippen LogP) is 6.27. The van der Waals surface area contributed by atoms with Crippen LogP contribution in [0.15, 0.2) is 60.7 Å². The van der Waals surface area contributed by atoms with E-state index in [1.807, 2.05) is 0 Å². The highest BCUT2D eigenvalue weighted by Gasteiger charge is 2.49. The molecule has 0 bridgehead atoms. The lowest BCUT2D eigenvalue weighted by molar-refractivity contribution is -0.119. The number of carbonyl (C=O) groups excluding carboxylic acids is 1. The highest BCUT2D eigenvalue weighted by Crippen LogP contribution is 2.36. The lowest BCUT2D eigenvalue weighted by Crippen LogP contribution is -2.66. The lowest BCUT2D eigenvalue weighted by atomic mass is 10.1. The molecule has 2 nitrogen and oxygen atoms in total. The van der Waals surface area contributed by atoms with Crippen LogP contribution in [0.5, 0.6) is 0 Å². The van der Waals surface area contributed by atoms with E-state index in [0.29, 0.717) is 5.78 Å². The van der Waals surface area contributed by atoms with Gasteiger partial charge in [0.15, 0.2) is 0 Å². The van der Waals surface area contributed by atoms with Crippen molar-refractivity contribution in [3.63, 3.8) is 0 Å². The van der Waals surface area contributed by atoms with Gasteiger partial charge in [-0.2, -0.15) is 0 Å². The van der Waals surface area contributed by atoms with Gasteiger partial charge in [0.2, 0.25) is 0 Å². The fourth-order valence-corrected chi connectivity index (χ4v) is 8.87. The van der Waals surface area contributed by atoms with Crippen LogP contribution in [0.3, 0.4) is 0 Å². The minimum absolute atomic E-state index is 0.0292. The first kappa shape index (κ1) is 24.6. The van der Waals surface area contributed by atoms with Gasteiger partial charge in [-0.15, -0.1) is 0 Å². The Balaban J connectivity index is 2.01. The molecule has 0 atom stereocenters. The average Bonchev–Trinajstić information content (AvgIpc) is 2.74. The molecule has 2 aromatic rings. The van der Waals surface area contributed by atoms with Crippen LogP contribution >= 0.6 is 0 Å². The summed E-state index contributed by atoms with van der Waals surface area (Å²) in [6.07, 6.45) is 7.94. The van der Waals surface area contributed by atoms with E-state index >= 15 is 0 Å². The lowest BCUT2D eigenvalue weighted by Gasteiger charge is -2.43. The maximum Gasteiger partial charge on any atom is 0.261 e. The van der Waals surface area contributed by atoms with Gasteiger partial charge >= 0.3 is 0 Å². The molecule has 0 amide bonds. The van der Waals surface area contributed by atoms with Gasteiger partial charge in [-0.1, -0.05) is 108 Å². The SMILES string of the molecule is CCCCC(=O)CCCCCCO[Si](c1ccccc1)(c1ccccc1)C(C)(C)C. The Labute approximate surface area is 185 Å². The molecule has 2 rings (SSSR count). The number of Topliss-reactive ketones (excluding diaryl/α,β-unsaturated/α-hetero) is 1. The van der Waals surface area contributed by atoms with Crippen LogP contribution in [0, 0.1) is 0 Å². The second-order valence-electron chi connectivity index (χ2n) is 9.32. The molecular weight excluding hydrogens is 384 g/mol. The zero-order chi connectivity index (χ0) is 21.9. The van der Waals surface area contributed by atoms with Gasteiger partial charge in [0, 0.05) is 19.4 Å². The molecule has 0 unspecified atom stereocenters. The van der Waals surface area contributed by atoms with E-state index < -0.39 is 8.32 Å². The second-order valence-corrected chi connectivity index (χ2v) is 13.6. The van der Waals surface area contributed by atoms with Crippen LogP contribution in [-0.4, -0.2) is 20.7 Å². The Morgan fingerprint density at radius 1 is 0.767 bits per heavy atom. The topological polar surface area (TPSA) is 26.3 Å². The molecule has 0 radical (unpaired) electrons. The number of unbranched alkanes of at least 4 members (excludes halogenated alkanes) is 4. The van der Waals surface area contributed by atoms with Crippen molar-refractivity contribution in [2.75, 3.05) is 6.61 Å². The summed E-state index contributed by atoms with van der Waals surface area (Å²) < 4.78 is 6.92. The van der Waals surface area contributed by atoms with E-state index in [9.17, 15) is 4.79 Å². The smallest absolute Gasteiger partial charge is 0.261 e. The van der Waals surface area contributed by atoms with Gasteiger partial charge in [0.05, 0.1) is 0 Å². The maximum atomic E-state index is 11.8. The molecule has 0 aliphatic heterocycles. The zero-order valence-corrected chi connectivity index (χ0v) is 20.5. The van der Waals surface area contributed by atoms with Crippen molar-refractivity contribution in [2.45, 2.75) is 84.1 Å². The molecule has 30 heavy (non-hydrogen) atoms. The number of hydrogen-bond donors (Lipinski definition) is 0. The molecule has 0 saturated carbocycles. The largest absolute Gasteiger partial charge is 0.407 e. The molecular formula is C27H40O2Si. The Morgan fingerprint density at radius 2 is 1.27 bits per heavy atom. The Bertz CT molecular complexity index is 695. The first-order valence-corrected chi connectivity index (χ1v) is 13.6. The molecule has 0 spiro atoms. The maximum absolute atomic E-state index is 11.8. The summed E-state index contributed by atoms with van der Waals surface area (Å²) in [6.45, 7) is 9.87. The molecule has 0 aromatic heterocycles. The van der Waals surface area contributed by atoms with E-state index in [1.165, 1.54) is 10.4 Å². The van der Waals surface area contributed by atoms with Crippen LogP contribution < -0.4 is 10.4 Å². The Morgan fingerprint density at radius 3 is 1.77 bits per heavy atom. The van der Waals surface area contributed by atoms with Crippen LogP contribution in [-0.2, 0) is 9.22 Å². The Kier molecular flexibility index (Phi) is 10.00. The van der Waals surface area contributed by atoms with Crippen molar-refractivity contribution in [1.29, 1.82) is 0 Å². The summed E-state index contributed by atoms with van der Waals surface area (Å²) in [5, 5.41) is 2.71. The highest BCUT2D eigenvalue weighted by molar-refractivity contribution is 6.99. The molecule has 0 aliphatic carbocycles. The Hall–Kier alpha value is -1.71. The second kappa shape index (κ2) is 12.2. The number of rotatable bonds is 13. The highest BCUT2D eigenvalue weighted by atomic mass is 28.4. The molecule has 0 fully saturated rings.